The molecule has 0 bridgehead atoms. The monoisotopic (exact) mass is 422 g/mol. The second-order valence-electron chi connectivity index (χ2n) is 7.44. The number of fused-ring (bicyclic) bond motifs is 2. The van der Waals surface area contributed by atoms with Gasteiger partial charge >= 0.3 is 0 Å². The third-order valence-electron chi connectivity index (χ3n) is 5.24. The van der Waals surface area contributed by atoms with Gasteiger partial charge in [-0.2, -0.15) is 5.10 Å². The van der Waals surface area contributed by atoms with Crippen molar-refractivity contribution in [3.05, 3.63) is 72.7 Å². The average molecular weight is 422 g/mol. The van der Waals surface area contributed by atoms with Crippen molar-refractivity contribution in [2.45, 2.75) is 6.92 Å². The van der Waals surface area contributed by atoms with Crippen molar-refractivity contribution in [1.29, 1.82) is 0 Å². The van der Waals surface area contributed by atoms with Gasteiger partial charge in [0.25, 0.3) is 0 Å². The van der Waals surface area contributed by atoms with Gasteiger partial charge < -0.3 is 4.98 Å². The number of hydrogen-bond acceptors (Lipinski definition) is 6. The van der Waals surface area contributed by atoms with Crippen molar-refractivity contribution in [3.8, 4) is 34.0 Å². The molecule has 9 heteroatoms. The largest absolute Gasteiger partial charge is 0.335 e. The van der Waals surface area contributed by atoms with Crippen LogP contribution in [-0.4, -0.2) is 40.1 Å². The van der Waals surface area contributed by atoms with Gasteiger partial charge in [0.2, 0.25) is 0 Å². The molecule has 0 spiro atoms. The average Bonchev–Trinajstić information content (AvgIpc) is 3.42. The lowest BCUT2D eigenvalue weighted by Crippen LogP contribution is -1.88. The van der Waals surface area contributed by atoms with E-state index in [9.17, 15) is 4.39 Å². The second-order valence-corrected chi connectivity index (χ2v) is 7.44. The van der Waals surface area contributed by atoms with Gasteiger partial charge in [0.05, 0.1) is 29.1 Å². The van der Waals surface area contributed by atoms with Gasteiger partial charge in [-0.15, -0.1) is 0 Å². The van der Waals surface area contributed by atoms with E-state index >= 15 is 0 Å². The van der Waals surface area contributed by atoms with E-state index in [4.69, 9.17) is 0 Å². The van der Waals surface area contributed by atoms with Crippen LogP contribution in [0.15, 0.2) is 61.3 Å². The number of halogens is 1. The highest BCUT2D eigenvalue weighted by atomic mass is 19.1. The van der Waals surface area contributed by atoms with Gasteiger partial charge in [-0.05, 0) is 42.3 Å². The molecule has 0 aliphatic carbocycles. The Kier molecular flexibility index (Phi) is 4.00. The van der Waals surface area contributed by atoms with Crippen LogP contribution in [0.2, 0.25) is 0 Å². The van der Waals surface area contributed by atoms with Crippen molar-refractivity contribution in [2.24, 2.45) is 0 Å². The van der Waals surface area contributed by atoms with E-state index in [1.165, 1.54) is 12.1 Å². The van der Waals surface area contributed by atoms with E-state index in [-0.39, 0.29) is 5.82 Å². The Morgan fingerprint density at radius 1 is 0.906 bits per heavy atom. The zero-order valence-electron chi connectivity index (χ0n) is 16.8. The van der Waals surface area contributed by atoms with E-state index in [1.54, 1.807) is 31.0 Å². The number of nitrogens with zero attached hydrogens (tertiary/aromatic N) is 6. The summed E-state index contributed by atoms with van der Waals surface area (Å²) in [6.45, 7) is 1.86. The molecule has 6 rings (SSSR count). The first-order valence-corrected chi connectivity index (χ1v) is 9.89. The van der Waals surface area contributed by atoms with Crippen molar-refractivity contribution in [1.82, 2.24) is 40.1 Å². The smallest absolute Gasteiger partial charge is 0.178 e. The van der Waals surface area contributed by atoms with Gasteiger partial charge in [-0.25, -0.2) is 14.4 Å². The molecule has 0 saturated heterocycles. The van der Waals surface area contributed by atoms with Crippen molar-refractivity contribution in [3.63, 3.8) is 0 Å². The summed E-state index contributed by atoms with van der Waals surface area (Å²) in [5.74, 6) is 0.266. The molecule has 2 N–H and O–H groups in total. The number of H-pyrrole nitrogens is 2. The van der Waals surface area contributed by atoms with Crippen molar-refractivity contribution >= 4 is 22.1 Å². The SMILES string of the molecule is Cc1cc(F)cc(-c2ccnc3nc(-c4n[nH]c5cnc(-c6cnccn6)cc45)[nH]c23)c1. The lowest BCUT2D eigenvalue weighted by Gasteiger charge is -2.04. The van der Waals surface area contributed by atoms with Crippen LogP contribution in [0.4, 0.5) is 4.39 Å². The Hall–Kier alpha value is -4.53. The minimum atomic E-state index is -0.285. The molecule has 0 amide bonds. The first kappa shape index (κ1) is 18.3. The fraction of sp³-hybridized carbons (Fsp3) is 0.0435. The van der Waals surface area contributed by atoms with Crippen molar-refractivity contribution in [2.75, 3.05) is 0 Å². The number of aryl methyl sites for hydroxylation is 1. The number of benzene rings is 1. The highest BCUT2D eigenvalue weighted by molar-refractivity contribution is 5.96. The summed E-state index contributed by atoms with van der Waals surface area (Å²) >= 11 is 0. The van der Waals surface area contributed by atoms with Crippen LogP contribution in [0.1, 0.15) is 5.56 Å². The second kappa shape index (κ2) is 7.02. The minimum Gasteiger partial charge on any atom is -0.335 e. The molecule has 5 aromatic heterocycles. The summed E-state index contributed by atoms with van der Waals surface area (Å²) in [7, 11) is 0. The molecule has 8 nitrogen and oxygen atoms in total. The maximum absolute atomic E-state index is 14.0. The predicted molar refractivity (Wildman–Crippen MR) is 118 cm³/mol. The van der Waals surface area contributed by atoms with Crippen LogP contribution in [-0.2, 0) is 0 Å². The fourth-order valence-corrected chi connectivity index (χ4v) is 3.82. The number of rotatable bonds is 3. The molecule has 0 aliphatic rings. The Morgan fingerprint density at radius 2 is 1.84 bits per heavy atom. The van der Waals surface area contributed by atoms with Crippen molar-refractivity contribution < 1.29 is 4.39 Å². The first-order chi connectivity index (χ1) is 15.7. The number of imidazole rings is 1. The van der Waals surface area contributed by atoms with Crippen LogP contribution in [0, 0.1) is 12.7 Å². The molecular weight excluding hydrogens is 407 g/mol. The van der Waals surface area contributed by atoms with Gasteiger partial charge in [0.1, 0.15) is 17.2 Å². The molecular formula is C23H15FN8. The van der Waals surface area contributed by atoms with Gasteiger partial charge in [0.15, 0.2) is 11.5 Å². The number of pyridine rings is 2. The number of nitrogens with one attached hydrogen (secondary N) is 2. The quantitative estimate of drug-likeness (QED) is 0.436. The number of aromatic amines is 2. The van der Waals surface area contributed by atoms with Gasteiger partial charge in [-0.1, -0.05) is 6.07 Å². The van der Waals surface area contributed by atoms with Crippen LogP contribution in [0.5, 0.6) is 0 Å². The van der Waals surface area contributed by atoms with Gasteiger partial charge in [0, 0.05) is 29.5 Å². The Bertz CT molecular complexity index is 1580. The lowest BCUT2D eigenvalue weighted by atomic mass is 10.0. The number of aromatic nitrogens is 8. The summed E-state index contributed by atoms with van der Waals surface area (Å²) in [6.07, 6.45) is 8.27. The summed E-state index contributed by atoms with van der Waals surface area (Å²) in [4.78, 5) is 25.2. The standard InChI is InChI=1S/C23H15FN8/c1-12-6-13(8-14(24)7-12)15-2-3-27-22-20(15)29-23(30-22)21-16-9-17(19-10-25-4-5-26-19)28-11-18(16)31-32-21/h2-11H,1H3,(H,31,32)(H,27,29,30). The van der Waals surface area contributed by atoms with Crippen LogP contribution >= 0.6 is 0 Å². The summed E-state index contributed by atoms with van der Waals surface area (Å²) < 4.78 is 14.0. The molecule has 0 aliphatic heterocycles. The predicted octanol–water partition coefficient (Wildman–Crippen LogP) is 4.47. The molecule has 1 aromatic carbocycles. The third-order valence-corrected chi connectivity index (χ3v) is 5.24. The Morgan fingerprint density at radius 3 is 2.69 bits per heavy atom. The van der Waals surface area contributed by atoms with Crippen LogP contribution in [0.3, 0.4) is 0 Å². The van der Waals surface area contributed by atoms with E-state index in [1.807, 2.05) is 25.1 Å². The summed E-state index contributed by atoms with van der Waals surface area (Å²) in [6, 6.07) is 8.68. The van der Waals surface area contributed by atoms with Gasteiger partial charge in [-0.3, -0.25) is 20.1 Å². The van der Waals surface area contributed by atoms with E-state index < -0.39 is 0 Å². The molecule has 5 heterocycles. The fourth-order valence-electron chi connectivity index (χ4n) is 3.82. The highest BCUT2D eigenvalue weighted by Crippen LogP contribution is 2.32. The lowest BCUT2D eigenvalue weighted by molar-refractivity contribution is 0.627. The molecule has 0 radical (unpaired) electrons. The minimum absolute atomic E-state index is 0.285. The molecule has 0 fully saturated rings. The molecule has 154 valence electrons. The highest BCUT2D eigenvalue weighted by Gasteiger charge is 2.17. The maximum Gasteiger partial charge on any atom is 0.178 e. The molecule has 0 atom stereocenters. The number of hydrogen-bond donors (Lipinski definition) is 2. The summed E-state index contributed by atoms with van der Waals surface area (Å²) in [5, 5.41) is 8.27. The van der Waals surface area contributed by atoms with E-state index in [0.717, 1.165) is 27.6 Å². The van der Waals surface area contributed by atoms with Crippen LogP contribution < -0.4 is 0 Å². The van der Waals surface area contributed by atoms with E-state index in [2.05, 4.69) is 40.1 Å². The zero-order valence-corrected chi connectivity index (χ0v) is 16.8. The third kappa shape index (κ3) is 2.99. The molecule has 6 aromatic rings. The van der Waals surface area contributed by atoms with Crippen LogP contribution in [0.25, 0.3) is 56.1 Å². The molecule has 0 unspecified atom stereocenters. The topological polar surface area (TPSA) is 109 Å². The molecule has 32 heavy (non-hydrogen) atoms. The molecule has 0 saturated carbocycles. The Balaban J connectivity index is 1.52. The summed E-state index contributed by atoms with van der Waals surface area (Å²) in [5.41, 5.74) is 6.39. The first-order valence-electron chi connectivity index (χ1n) is 9.89. The van der Waals surface area contributed by atoms with E-state index in [0.29, 0.717) is 34.1 Å². The zero-order chi connectivity index (χ0) is 21.7. The Labute approximate surface area is 180 Å². The normalized spacial score (nSPS) is 11.4. The maximum atomic E-state index is 14.0.